The maximum atomic E-state index is 9.23. The van der Waals surface area contributed by atoms with Crippen LogP contribution in [0.25, 0.3) is 11.6 Å². The minimum atomic E-state index is 0.500. The van der Waals surface area contributed by atoms with Crippen LogP contribution in [0.2, 0.25) is 0 Å². The molecule has 0 amide bonds. The minimum Gasteiger partial charge on any atom is -0.384 e. The van der Waals surface area contributed by atoms with E-state index in [-0.39, 0.29) is 0 Å². The van der Waals surface area contributed by atoms with Crippen LogP contribution in [0.1, 0.15) is 11.1 Å². The van der Waals surface area contributed by atoms with Crippen LogP contribution in [0.5, 0.6) is 0 Å². The predicted octanol–water partition coefficient (Wildman–Crippen LogP) is 1.94. The molecule has 0 radical (unpaired) electrons. The van der Waals surface area contributed by atoms with Crippen LogP contribution in [-0.2, 0) is 0 Å². The van der Waals surface area contributed by atoms with Crippen molar-refractivity contribution in [2.24, 2.45) is 0 Å². The van der Waals surface area contributed by atoms with Gasteiger partial charge in [-0.3, -0.25) is 0 Å². The monoisotopic (exact) mass is 233 g/mol. The van der Waals surface area contributed by atoms with Gasteiger partial charge < -0.3 is 10.1 Å². The van der Waals surface area contributed by atoms with Crippen molar-refractivity contribution < 1.29 is 0 Å². The van der Waals surface area contributed by atoms with Gasteiger partial charge in [-0.2, -0.15) is 5.26 Å². The molecule has 86 valence electrons. The Kier molecular flexibility index (Phi) is 2.28. The zero-order valence-corrected chi connectivity index (χ0v) is 9.67. The zero-order valence-electron chi connectivity index (χ0n) is 9.67. The molecule has 0 saturated heterocycles. The lowest BCUT2D eigenvalue weighted by molar-refractivity contribution is 1.24. The van der Waals surface area contributed by atoms with Gasteiger partial charge in [-0.15, -0.1) is 0 Å². The zero-order chi connectivity index (χ0) is 12.5. The normalized spacial score (nSPS) is 11.8. The van der Waals surface area contributed by atoms with Gasteiger partial charge in [0.15, 0.2) is 0 Å². The van der Waals surface area contributed by atoms with Gasteiger partial charge in [-0.1, -0.05) is 30.3 Å². The number of hydrogen-bond acceptors (Lipinski definition) is 2. The first kappa shape index (κ1) is 10.4. The third-order valence-corrected chi connectivity index (χ3v) is 3.03. The summed E-state index contributed by atoms with van der Waals surface area (Å²) < 4.78 is 1.84. The molecule has 0 saturated carbocycles. The Morgan fingerprint density at radius 1 is 1.11 bits per heavy atom. The summed E-state index contributed by atoms with van der Waals surface area (Å²) in [5.41, 5.74) is 8.53. The molecule has 2 heterocycles. The van der Waals surface area contributed by atoms with Crippen molar-refractivity contribution in [2.75, 3.05) is 5.73 Å². The maximum absolute atomic E-state index is 9.23. The van der Waals surface area contributed by atoms with E-state index in [1.807, 2.05) is 59.1 Å². The quantitative estimate of drug-likeness (QED) is 0.698. The fourth-order valence-electron chi connectivity index (χ4n) is 2.18. The average molecular weight is 233 g/mol. The number of nitrogen functional groups attached to an aromatic ring is 1. The minimum absolute atomic E-state index is 0.500. The van der Waals surface area contributed by atoms with E-state index in [2.05, 4.69) is 6.07 Å². The third-order valence-electron chi connectivity index (χ3n) is 3.03. The lowest BCUT2D eigenvalue weighted by atomic mass is 10.1. The fourth-order valence-corrected chi connectivity index (χ4v) is 2.18. The molecular formula is C15H11N3. The molecule has 3 aromatic rings. The summed E-state index contributed by atoms with van der Waals surface area (Å²) >= 11 is 0. The van der Waals surface area contributed by atoms with E-state index in [1.165, 1.54) is 0 Å². The highest BCUT2D eigenvalue weighted by Gasteiger charge is 2.10. The smallest absolute Gasteiger partial charge is 0.126 e. The van der Waals surface area contributed by atoms with Crippen LogP contribution in [-0.4, -0.2) is 4.40 Å². The standard InChI is InChI=1S/C15H11N3/c16-10-13-12(9-11-5-2-1-3-6-11)14-7-4-8-18(14)15(13)17/h1-9H,17H2/b12-9-. The molecule has 3 rings (SSSR count). The van der Waals surface area contributed by atoms with Crippen molar-refractivity contribution in [3.63, 3.8) is 0 Å². The van der Waals surface area contributed by atoms with Crippen LogP contribution >= 0.6 is 0 Å². The number of anilines is 1. The topological polar surface area (TPSA) is 54.2 Å². The number of nitriles is 1. The first-order valence-corrected chi connectivity index (χ1v) is 5.66. The predicted molar refractivity (Wildman–Crippen MR) is 71.8 cm³/mol. The Balaban J connectivity index is 2.38. The van der Waals surface area contributed by atoms with Crippen LogP contribution in [0.15, 0.2) is 48.7 Å². The number of hydrogen-bond donors (Lipinski definition) is 1. The van der Waals surface area contributed by atoms with Gasteiger partial charge in [0.2, 0.25) is 0 Å². The number of benzene rings is 1. The lowest BCUT2D eigenvalue weighted by Crippen LogP contribution is -2.03. The summed E-state index contributed by atoms with van der Waals surface area (Å²) in [5.74, 6) is 0.500. The second-order valence-corrected chi connectivity index (χ2v) is 4.10. The Labute approximate surface area is 104 Å². The van der Waals surface area contributed by atoms with Gasteiger partial charge >= 0.3 is 0 Å². The molecule has 2 N–H and O–H groups in total. The van der Waals surface area contributed by atoms with Crippen molar-refractivity contribution in [1.29, 1.82) is 5.26 Å². The fraction of sp³-hybridized carbons (Fsp3) is 0. The molecule has 3 nitrogen and oxygen atoms in total. The SMILES string of the molecule is N#Cc1c(N)n2cccc2/c1=C\c1ccccc1. The van der Waals surface area contributed by atoms with E-state index >= 15 is 0 Å². The van der Waals surface area contributed by atoms with Crippen molar-refractivity contribution in [2.45, 2.75) is 0 Å². The van der Waals surface area contributed by atoms with Gasteiger partial charge in [0, 0.05) is 11.4 Å². The number of aromatic nitrogens is 1. The second-order valence-electron chi connectivity index (χ2n) is 4.10. The van der Waals surface area contributed by atoms with Crippen molar-refractivity contribution in [3.05, 3.63) is 65.0 Å². The number of rotatable bonds is 1. The van der Waals surface area contributed by atoms with E-state index in [9.17, 15) is 5.26 Å². The highest BCUT2D eigenvalue weighted by molar-refractivity contribution is 5.72. The Hall–Kier alpha value is -2.73. The van der Waals surface area contributed by atoms with Gasteiger partial charge in [-0.25, -0.2) is 0 Å². The third kappa shape index (κ3) is 1.44. The van der Waals surface area contributed by atoms with E-state index in [4.69, 9.17) is 5.73 Å². The van der Waals surface area contributed by atoms with Crippen LogP contribution in [0.3, 0.4) is 0 Å². The number of nitrogens with two attached hydrogens (primary N) is 1. The van der Waals surface area contributed by atoms with E-state index in [1.54, 1.807) is 0 Å². The molecule has 18 heavy (non-hydrogen) atoms. The summed E-state index contributed by atoms with van der Waals surface area (Å²) in [5, 5.41) is 10.1. The highest BCUT2D eigenvalue weighted by Crippen LogP contribution is 2.14. The van der Waals surface area contributed by atoms with Crippen molar-refractivity contribution >= 4 is 17.4 Å². The van der Waals surface area contributed by atoms with Crippen LogP contribution in [0, 0.1) is 11.3 Å². The molecule has 0 aliphatic heterocycles. The first-order chi connectivity index (χ1) is 8.81. The Bertz CT molecular complexity index is 792. The first-order valence-electron chi connectivity index (χ1n) is 5.66. The summed E-state index contributed by atoms with van der Waals surface area (Å²) in [7, 11) is 0. The van der Waals surface area contributed by atoms with Gasteiger partial charge in [0.05, 0.1) is 5.52 Å². The maximum Gasteiger partial charge on any atom is 0.126 e. The summed E-state index contributed by atoms with van der Waals surface area (Å²) in [6.07, 6.45) is 3.86. The number of nitrogens with zero attached hydrogens (tertiary/aromatic N) is 2. The van der Waals surface area contributed by atoms with Crippen molar-refractivity contribution in [1.82, 2.24) is 4.40 Å². The van der Waals surface area contributed by atoms with Crippen LogP contribution < -0.4 is 11.0 Å². The molecule has 0 fully saturated rings. The molecule has 0 atom stereocenters. The summed E-state index contributed by atoms with van der Waals surface area (Å²) in [6.45, 7) is 0. The molecule has 0 unspecified atom stereocenters. The van der Waals surface area contributed by atoms with Gasteiger partial charge in [0.25, 0.3) is 0 Å². The van der Waals surface area contributed by atoms with Crippen molar-refractivity contribution in [3.8, 4) is 6.07 Å². The molecule has 0 spiro atoms. The number of fused-ring (bicyclic) bond motifs is 1. The Morgan fingerprint density at radius 2 is 1.89 bits per heavy atom. The molecule has 1 aromatic carbocycles. The van der Waals surface area contributed by atoms with E-state index in [0.717, 1.165) is 16.3 Å². The Morgan fingerprint density at radius 3 is 2.61 bits per heavy atom. The lowest BCUT2D eigenvalue weighted by Gasteiger charge is -1.90. The highest BCUT2D eigenvalue weighted by atomic mass is 15.0. The second kappa shape index (κ2) is 3.94. The van der Waals surface area contributed by atoms with Gasteiger partial charge in [-0.05, 0) is 23.8 Å². The molecular weight excluding hydrogens is 222 g/mol. The molecule has 0 bridgehead atoms. The molecule has 3 heteroatoms. The molecule has 0 aliphatic carbocycles. The van der Waals surface area contributed by atoms with Crippen LogP contribution in [0.4, 0.5) is 5.82 Å². The summed E-state index contributed by atoms with van der Waals surface area (Å²) in [6, 6.07) is 16.0. The molecule has 0 aliphatic rings. The van der Waals surface area contributed by atoms with Gasteiger partial charge in [0.1, 0.15) is 17.5 Å². The molecule has 2 aromatic heterocycles. The van der Waals surface area contributed by atoms with E-state index in [0.29, 0.717) is 11.4 Å². The average Bonchev–Trinajstić information content (AvgIpc) is 2.95. The van der Waals surface area contributed by atoms with E-state index < -0.39 is 0 Å². The summed E-state index contributed by atoms with van der Waals surface area (Å²) in [4.78, 5) is 0. The largest absolute Gasteiger partial charge is 0.384 e.